The zero-order valence-corrected chi connectivity index (χ0v) is 13.7. The van der Waals surface area contributed by atoms with Crippen LogP contribution in [-0.4, -0.2) is 11.2 Å². The van der Waals surface area contributed by atoms with Gasteiger partial charge in [-0.3, -0.25) is 0 Å². The van der Waals surface area contributed by atoms with Gasteiger partial charge in [-0.15, -0.1) is 0 Å². The molecule has 0 aliphatic rings. The van der Waals surface area contributed by atoms with Crippen LogP contribution >= 0.6 is 0 Å². The van der Waals surface area contributed by atoms with Gasteiger partial charge in [0.05, 0.1) is 6.61 Å². The number of hydrogen-bond donors (Lipinski definition) is 0. The first-order valence-electron chi connectivity index (χ1n) is 7.75. The SMILES string of the molecule is CC.CCCOc1ccc(F)cc1.CCCn1cccc1. The van der Waals surface area contributed by atoms with Gasteiger partial charge in [-0.05, 0) is 49.2 Å². The predicted molar refractivity (Wildman–Crippen MR) is 88.3 cm³/mol. The van der Waals surface area contributed by atoms with Crippen LogP contribution in [0.2, 0.25) is 0 Å². The van der Waals surface area contributed by atoms with Crippen molar-refractivity contribution in [1.82, 2.24) is 4.57 Å². The summed E-state index contributed by atoms with van der Waals surface area (Å²) in [6.07, 6.45) is 6.36. The Kier molecular flexibility index (Phi) is 12.1. The van der Waals surface area contributed by atoms with Crippen LogP contribution in [0, 0.1) is 5.82 Å². The molecule has 0 aliphatic heterocycles. The van der Waals surface area contributed by atoms with Gasteiger partial charge in [0.25, 0.3) is 0 Å². The van der Waals surface area contributed by atoms with E-state index in [1.807, 2.05) is 20.8 Å². The summed E-state index contributed by atoms with van der Waals surface area (Å²) in [7, 11) is 0. The minimum Gasteiger partial charge on any atom is -0.494 e. The number of aromatic nitrogens is 1. The number of hydrogen-bond acceptors (Lipinski definition) is 1. The maximum absolute atomic E-state index is 12.4. The minimum absolute atomic E-state index is 0.228. The summed E-state index contributed by atoms with van der Waals surface area (Å²) < 4.78 is 19.8. The standard InChI is InChI=1S/C9H11FO.C7H11N.C2H6/c1-2-7-11-9-5-3-8(10)4-6-9;1-2-5-8-6-3-4-7-8;1-2/h3-6H,2,7H2,1H3;3-4,6-7H,2,5H2,1H3;1-2H3. The maximum atomic E-state index is 12.4. The monoisotopic (exact) mass is 293 g/mol. The van der Waals surface area contributed by atoms with E-state index in [0.717, 1.165) is 18.7 Å². The van der Waals surface area contributed by atoms with Crippen molar-refractivity contribution in [2.24, 2.45) is 0 Å². The second-order valence-corrected chi connectivity index (χ2v) is 4.22. The molecule has 0 fully saturated rings. The highest BCUT2D eigenvalue weighted by Gasteiger charge is 1.91. The molecule has 1 heterocycles. The van der Waals surface area contributed by atoms with E-state index >= 15 is 0 Å². The summed E-state index contributed by atoms with van der Waals surface area (Å²) in [4.78, 5) is 0. The third-order valence-corrected chi connectivity index (χ3v) is 2.43. The fourth-order valence-electron chi connectivity index (χ4n) is 1.53. The van der Waals surface area contributed by atoms with Crippen molar-refractivity contribution < 1.29 is 9.13 Å². The zero-order chi connectivity index (χ0) is 15.9. The van der Waals surface area contributed by atoms with Crippen LogP contribution in [0.15, 0.2) is 48.8 Å². The Hall–Kier alpha value is -1.77. The van der Waals surface area contributed by atoms with Gasteiger partial charge < -0.3 is 9.30 Å². The van der Waals surface area contributed by atoms with Gasteiger partial charge in [-0.2, -0.15) is 0 Å². The van der Waals surface area contributed by atoms with E-state index in [1.165, 1.54) is 18.6 Å². The number of ether oxygens (including phenoxy) is 1. The molecule has 2 aromatic rings. The van der Waals surface area contributed by atoms with Crippen LogP contribution in [0.1, 0.15) is 40.5 Å². The van der Waals surface area contributed by atoms with Gasteiger partial charge in [0.2, 0.25) is 0 Å². The molecule has 0 aliphatic carbocycles. The van der Waals surface area contributed by atoms with Crippen molar-refractivity contribution in [2.75, 3.05) is 6.61 Å². The van der Waals surface area contributed by atoms with E-state index < -0.39 is 0 Å². The molecule has 21 heavy (non-hydrogen) atoms. The Labute approximate surface area is 128 Å². The lowest BCUT2D eigenvalue weighted by Gasteiger charge is -2.02. The normalized spacial score (nSPS) is 9.00. The third-order valence-electron chi connectivity index (χ3n) is 2.43. The first-order chi connectivity index (χ1) is 10.3. The quantitative estimate of drug-likeness (QED) is 0.706. The van der Waals surface area contributed by atoms with Crippen LogP contribution in [0.3, 0.4) is 0 Å². The van der Waals surface area contributed by atoms with Crippen molar-refractivity contribution in [2.45, 2.75) is 47.1 Å². The zero-order valence-electron chi connectivity index (χ0n) is 13.7. The second kappa shape index (κ2) is 13.2. The molecule has 0 spiro atoms. The molecule has 3 heteroatoms. The lowest BCUT2D eigenvalue weighted by molar-refractivity contribution is 0.317. The smallest absolute Gasteiger partial charge is 0.123 e. The van der Waals surface area contributed by atoms with Gasteiger partial charge in [-0.1, -0.05) is 27.7 Å². The van der Waals surface area contributed by atoms with Gasteiger partial charge >= 0.3 is 0 Å². The Bertz CT molecular complexity index is 423. The number of aryl methyl sites for hydroxylation is 1. The first-order valence-corrected chi connectivity index (χ1v) is 7.75. The van der Waals surface area contributed by atoms with E-state index in [-0.39, 0.29) is 5.82 Å². The third kappa shape index (κ3) is 9.72. The Morgan fingerprint density at radius 1 is 0.952 bits per heavy atom. The number of halogens is 1. The van der Waals surface area contributed by atoms with Crippen molar-refractivity contribution in [1.29, 1.82) is 0 Å². The average molecular weight is 293 g/mol. The number of benzene rings is 1. The first kappa shape index (κ1) is 19.2. The maximum Gasteiger partial charge on any atom is 0.123 e. The summed E-state index contributed by atoms with van der Waals surface area (Å²) in [6, 6.07) is 10.2. The van der Waals surface area contributed by atoms with Gasteiger partial charge in [-0.25, -0.2) is 4.39 Å². The van der Waals surface area contributed by atoms with Gasteiger partial charge in [0.15, 0.2) is 0 Å². The molecular formula is C18H28FNO. The Morgan fingerprint density at radius 2 is 1.52 bits per heavy atom. The summed E-state index contributed by atoms with van der Waals surface area (Å²) in [6.45, 7) is 10.0. The molecule has 2 rings (SSSR count). The second-order valence-electron chi connectivity index (χ2n) is 4.22. The summed E-state index contributed by atoms with van der Waals surface area (Å²) in [5.41, 5.74) is 0. The Morgan fingerprint density at radius 3 is 2.00 bits per heavy atom. The molecule has 0 saturated heterocycles. The lowest BCUT2D eigenvalue weighted by Crippen LogP contribution is -1.94. The Balaban J connectivity index is 0.000000354. The molecule has 0 atom stereocenters. The molecule has 0 unspecified atom stereocenters. The van der Waals surface area contributed by atoms with Crippen molar-refractivity contribution in [3.63, 3.8) is 0 Å². The largest absolute Gasteiger partial charge is 0.494 e. The molecule has 0 bridgehead atoms. The molecule has 118 valence electrons. The average Bonchev–Trinajstić information content (AvgIpc) is 3.03. The number of nitrogens with zero attached hydrogens (tertiary/aromatic N) is 1. The van der Waals surface area contributed by atoms with E-state index in [4.69, 9.17) is 4.74 Å². The van der Waals surface area contributed by atoms with Gasteiger partial charge in [0, 0.05) is 18.9 Å². The predicted octanol–water partition coefficient (Wildman–Crippen LogP) is 5.54. The molecule has 0 N–H and O–H groups in total. The summed E-state index contributed by atoms with van der Waals surface area (Å²) in [5, 5.41) is 0. The highest BCUT2D eigenvalue weighted by atomic mass is 19.1. The molecular weight excluding hydrogens is 265 g/mol. The lowest BCUT2D eigenvalue weighted by atomic mass is 10.3. The van der Waals surface area contributed by atoms with Crippen molar-refractivity contribution in [3.05, 3.63) is 54.6 Å². The van der Waals surface area contributed by atoms with Crippen LogP contribution < -0.4 is 4.74 Å². The fraction of sp³-hybridized carbons (Fsp3) is 0.444. The van der Waals surface area contributed by atoms with E-state index in [2.05, 4.69) is 36.0 Å². The van der Waals surface area contributed by atoms with Crippen molar-refractivity contribution in [3.8, 4) is 5.75 Å². The van der Waals surface area contributed by atoms with Crippen LogP contribution in [0.25, 0.3) is 0 Å². The summed E-state index contributed by atoms with van der Waals surface area (Å²) >= 11 is 0. The molecule has 1 aromatic carbocycles. The molecule has 1 aromatic heterocycles. The molecule has 0 saturated carbocycles. The molecule has 2 nitrogen and oxygen atoms in total. The highest BCUT2D eigenvalue weighted by molar-refractivity contribution is 5.21. The topological polar surface area (TPSA) is 14.2 Å². The molecule has 0 amide bonds. The fourth-order valence-corrected chi connectivity index (χ4v) is 1.53. The minimum atomic E-state index is -0.228. The van der Waals surface area contributed by atoms with Crippen LogP contribution in [-0.2, 0) is 6.54 Å². The van der Waals surface area contributed by atoms with E-state index in [9.17, 15) is 4.39 Å². The van der Waals surface area contributed by atoms with E-state index in [0.29, 0.717) is 6.61 Å². The van der Waals surface area contributed by atoms with E-state index in [1.54, 1.807) is 12.1 Å². The number of rotatable bonds is 5. The van der Waals surface area contributed by atoms with Gasteiger partial charge in [0.1, 0.15) is 11.6 Å². The van der Waals surface area contributed by atoms with Crippen molar-refractivity contribution >= 4 is 0 Å². The molecule has 0 radical (unpaired) electrons. The van der Waals surface area contributed by atoms with Crippen LogP contribution in [0.5, 0.6) is 5.75 Å². The highest BCUT2D eigenvalue weighted by Crippen LogP contribution is 2.10. The van der Waals surface area contributed by atoms with Crippen LogP contribution in [0.4, 0.5) is 4.39 Å². The summed E-state index contributed by atoms with van der Waals surface area (Å²) in [5.74, 6) is 0.502.